The lowest BCUT2D eigenvalue weighted by Gasteiger charge is -2.34. The number of aryl methyl sites for hydroxylation is 2. The zero-order valence-corrected chi connectivity index (χ0v) is 21.2. The van der Waals surface area contributed by atoms with Gasteiger partial charge in [0.15, 0.2) is 0 Å². The molecule has 0 unspecified atom stereocenters. The van der Waals surface area contributed by atoms with Gasteiger partial charge in [0.25, 0.3) is 0 Å². The Balaban J connectivity index is 1.88. The largest absolute Gasteiger partial charge is 0.467 e. The maximum atomic E-state index is 13.9. The molecular weight excluding hydrogens is 597 g/mol. The van der Waals surface area contributed by atoms with Gasteiger partial charge >= 0.3 is 46.1 Å². The number of halogens is 12. The van der Waals surface area contributed by atoms with Crippen LogP contribution in [0.2, 0.25) is 0 Å². The van der Waals surface area contributed by atoms with Crippen LogP contribution in [-0.4, -0.2) is 21.4 Å². The number of hydrogen-bond acceptors (Lipinski definition) is 3. The summed E-state index contributed by atoms with van der Waals surface area (Å²) in [5.74, 6) is 0. The van der Waals surface area contributed by atoms with E-state index in [9.17, 15) is 52.7 Å². The van der Waals surface area contributed by atoms with Gasteiger partial charge in [-0.3, -0.25) is 0 Å². The Labute approximate surface area is 231 Å². The zero-order valence-electron chi connectivity index (χ0n) is 21.2. The summed E-state index contributed by atoms with van der Waals surface area (Å²) in [4.78, 5) is 0. The molecule has 0 bridgehead atoms. The van der Waals surface area contributed by atoms with Crippen molar-refractivity contribution >= 4 is 37.7 Å². The summed E-state index contributed by atoms with van der Waals surface area (Å²) < 4.78 is 179. The molecule has 3 nitrogen and oxygen atoms in total. The third-order valence-corrected chi connectivity index (χ3v) is 6.30. The Morgan fingerprint density at radius 1 is 0.452 bits per heavy atom. The van der Waals surface area contributed by atoms with E-state index in [4.69, 9.17) is 13.7 Å². The molecule has 1 saturated heterocycles. The first-order valence-electron chi connectivity index (χ1n) is 11.8. The van der Waals surface area contributed by atoms with E-state index in [-0.39, 0.29) is 22.7 Å². The van der Waals surface area contributed by atoms with E-state index in [0.717, 1.165) is 12.1 Å². The average molecular weight is 612 g/mol. The lowest BCUT2D eigenvalue weighted by molar-refractivity contribution is -0.143. The molecule has 3 aromatic carbocycles. The summed E-state index contributed by atoms with van der Waals surface area (Å²) in [6.45, 7) is 2.50. The van der Waals surface area contributed by atoms with Gasteiger partial charge in [0.2, 0.25) is 0 Å². The molecule has 222 valence electrons. The van der Waals surface area contributed by atoms with Crippen molar-refractivity contribution in [2.24, 2.45) is 0 Å². The first-order valence-corrected chi connectivity index (χ1v) is 11.8. The third kappa shape index (κ3) is 6.75. The van der Waals surface area contributed by atoms with Crippen molar-refractivity contribution in [2.75, 3.05) is 0 Å². The first kappa shape index (κ1) is 31.8. The Morgan fingerprint density at radius 2 is 0.833 bits per heavy atom. The molecule has 0 aliphatic carbocycles. The van der Waals surface area contributed by atoms with E-state index in [1.165, 1.54) is 19.9 Å². The smallest absolute Gasteiger partial charge is 0.445 e. The zero-order chi connectivity index (χ0) is 31.4. The topological polar surface area (TPSA) is 27.7 Å². The first-order chi connectivity index (χ1) is 19.2. The molecule has 1 fully saturated rings. The second-order valence-electron chi connectivity index (χ2n) is 9.36. The van der Waals surface area contributed by atoms with E-state index in [1.807, 2.05) is 0 Å². The minimum absolute atomic E-state index is 0.145. The summed E-state index contributed by atoms with van der Waals surface area (Å²) in [6.07, 6.45) is -20.4. The fourth-order valence-electron chi connectivity index (χ4n) is 4.29. The predicted octanol–water partition coefficient (Wildman–Crippen LogP) is 5.93. The van der Waals surface area contributed by atoms with Crippen molar-refractivity contribution in [3.05, 3.63) is 88.0 Å². The molecule has 0 radical (unpaired) electrons. The van der Waals surface area contributed by atoms with E-state index in [1.54, 1.807) is 0 Å². The monoisotopic (exact) mass is 612 g/mol. The van der Waals surface area contributed by atoms with Gasteiger partial charge in [-0.1, -0.05) is 47.5 Å². The van der Waals surface area contributed by atoms with Crippen LogP contribution in [0.1, 0.15) is 33.4 Å². The molecule has 0 spiro atoms. The van der Waals surface area contributed by atoms with Gasteiger partial charge in [-0.05, 0) is 48.4 Å². The van der Waals surface area contributed by atoms with Crippen LogP contribution in [0.5, 0.6) is 0 Å². The summed E-state index contributed by atoms with van der Waals surface area (Å²) in [5.41, 5.74) is -7.88. The minimum atomic E-state index is -5.40. The molecular formula is C24H15B3F12O3. The molecule has 42 heavy (non-hydrogen) atoms. The molecule has 0 amide bonds. The number of rotatable bonds is 3. The van der Waals surface area contributed by atoms with Crippen LogP contribution in [0.3, 0.4) is 0 Å². The second-order valence-corrected chi connectivity index (χ2v) is 9.36. The van der Waals surface area contributed by atoms with Gasteiger partial charge in [-0.25, -0.2) is 0 Å². The number of benzene rings is 3. The van der Waals surface area contributed by atoms with Crippen molar-refractivity contribution in [3.8, 4) is 0 Å². The predicted molar refractivity (Wildman–Crippen MR) is 128 cm³/mol. The fourth-order valence-corrected chi connectivity index (χ4v) is 4.29. The van der Waals surface area contributed by atoms with Crippen LogP contribution in [0.25, 0.3) is 0 Å². The summed E-state index contributed by atoms with van der Waals surface area (Å²) in [5, 5.41) is 0. The maximum absolute atomic E-state index is 13.9. The Bertz CT molecular complexity index is 1470. The highest BCUT2D eigenvalue weighted by Gasteiger charge is 2.50. The average Bonchev–Trinajstić information content (AvgIpc) is 2.86. The molecule has 3 aromatic rings. The molecule has 1 aliphatic heterocycles. The molecule has 1 heterocycles. The van der Waals surface area contributed by atoms with Crippen molar-refractivity contribution in [2.45, 2.75) is 38.6 Å². The van der Waals surface area contributed by atoms with Crippen LogP contribution >= 0.6 is 0 Å². The Kier molecular flexibility index (Phi) is 8.23. The summed E-state index contributed by atoms with van der Waals surface area (Å²) in [7, 11) is -6.28. The van der Waals surface area contributed by atoms with E-state index in [2.05, 4.69) is 0 Å². The van der Waals surface area contributed by atoms with Gasteiger partial charge in [0.05, 0.1) is 22.3 Å². The van der Waals surface area contributed by atoms with Gasteiger partial charge in [-0.15, -0.1) is 0 Å². The molecule has 0 aromatic heterocycles. The third-order valence-electron chi connectivity index (χ3n) is 6.30. The summed E-state index contributed by atoms with van der Waals surface area (Å²) in [6, 6.07) is 5.47. The normalized spacial score (nSPS) is 15.4. The number of alkyl halides is 12. The molecule has 0 saturated carbocycles. The molecule has 0 N–H and O–H groups in total. The highest BCUT2D eigenvalue weighted by atomic mass is 19.4. The lowest BCUT2D eigenvalue weighted by atomic mass is 9.59. The quantitative estimate of drug-likeness (QED) is 0.272. The van der Waals surface area contributed by atoms with Gasteiger partial charge in [0.1, 0.15) is 0 Å². The highest BCUT2D eigenvalue weighted by Crippen LogP contribution is 2.36. The van der Waals surface area contributed by atoms with Crippen molar-refractivity contribution in [1.82, 2.24) is 0 Å². The van der Waals surface area contributed by atoms with Gasteiger partial charge < -0.3 is 13.7 Å². The maximum Gasteiger partial charge on any atom is 0.467 e. The van der Waals surface area contributed by atoms with Crippen LogP contribution in [0, 0.1) is 13.8 Å². The van der Waals surface area contributed by atoms with Gasteiger partial charge in [0, 0.05) is 0 Å². The highest BCUT2D eigenvalue weighted by molar-refractivity contribution is 6.87. The van der Waals surface area contributed by atoms with Crippen molar-refractivity contribution in [3.63, 3.8) is 0 Å². The fraction of sp³-hybridized carbons (Fsp3) is 0.250. The van der Waals surface area contributed by atoms with Crippen molar-refractivity contribution < 1.29 is 66.4 Å². The SMILES string of the molecule is Cc1ccc(B2OB(c3ccc(C(F)(F)F)cc3C)OB(c3ccc(C(F)(F)F)cc3C(F)(F)F)O2)c(C(F)(F)F)c1. The molecule has 0 atom stereocenters. The van der Waals surface area contributed by atoms with Crippen LogP contribution in [0.4, 0.5) is 52.7 Å². The molecule has 1 aliphatic rings. The Morgan fingerprint density at radius 3 is 1.26 bits per heavy atom. The van der Waals surface area contributed by atoms with E-state index < -0.39 is 79.2 Å². The van der Waals surface area contributed by atoms with Crippen LogP contribution in [0.15, 0.2) is 54.6 Å². The van der Waals surface area contributed by atoms with Crippen LogP contribution < -0.4 is 16.4 Å². The second kappa shape index (κ2) is 10.9. The Hall–Kier alpha value is -3.11. The summed E-state index contributed by atoms with van der Waals surface area (Å²) >= 11 is 0. The van der Waals surface area contributed by atoms with E-state index >= 15 is 0 Å². The molecule has 4 rings (SSSR count). The lowest BCUT2D eigenvalue weighted by Crippen LogP contribution is -2.63. The standard InChI is InChI=1S/C24H15B3F12O3/c1-12-3-6-19(16(9-12)23(34,35)36)26-40-25(18-7-4-14(10-13(18)2)21(28,29)30)41-27(42-26)20-8-5-15(22(31,32)33)11-17(20)24(37,38)39/h3-11H,1-2H3. The van der Waals surface area contributed by atoms with Crippen LogP contribution in [-0.2, 0) is 38.4 Å². The van der Waals surface area contributed by atoms with Crippen molar-refractivity contribution in [1.29, 1.82) is 0 Å². The molecule has 18 heteroatoms. The minimum Gasteiger partial charge on any atom is -0.445 e. The van der Waals surface area contributed by atoms with Gasteiger partial charge in [-0.2, -0.15) is 52.7 Å². The number of hydrogen-bond donors (Lipinski definition) is 0. The van der Waals surface area contributed by atoms with E-state index in [0.29, 0.717) is 30.3 Å².